The first-order valence-corrected chi connectivity index (χ1v) is 9.74. The quantitative estimate of drug-likeness (QED) is 0.663. The van der Waals surface area contributed by atoms with E-state index in [9.17, 15) is 9.59 Å². The highest BCUT2D eigenvalue weighted by Gasteiger charge is 2.27. The van der Waals surface area contributed by atoms with Gasteiger partial charge in [0.25, 0.3) is 11.5 Å². The number of nitrogens with zero attached hydrogens (tertiary/aromatic N) is 4. The monoisotopic (exact) mass is 392 g/mol. The van der Waals surface area contributed by atoms with Gasteiger partial charge in [0.1, 0.15) is 18.7 Å². The molecule has 1 saturated heterocycles. The molecule has 2 aliphatic heterocycles. The number of carbonyl (C=O) groups excluding carboxylic acids is 1. The molecule has 1 aromatic heterocycles. The summed E-state index contributed by atoms with van der Waals surface area (Å²) in [6, 6.07) is 12.4. The second kappa shape index (κ2) is 7.20. The fourth-order valence-corrected chi connectivity index (χ4v) is 3.91. The van der Waals surface area contributed by atoms with Crippen LogP contribution in [-0.4, -0.2) is 52.1 Å². The first kappa shape index (κ1) is 17.7. The van der Waals surface area contributed by atoms with Crippen LogP contribution in [0.1, 0.15) is 29.2 Å². The van der Waals surface area contributed by atoms with Crippen LogP contribution >= 0.6 is 0 Å². The molecule has 2 aromatic carbocycles. The number of aromatic nitrogens is 3. The Morgan fingerprint density at radius 1 is 1.00 bits per heavy atom. The van der Waals surface area contributed by atoms with Crippen molar-refractivity contribution in [3.8, 4) is 11.5 Å². The van der Waals surface area contributed by atoms with Crippen LogP contribution in [-0.2, 0) is 0 Å². The summed E-state index contributed by atoms with van der Waals surface area (Å²) in [5.74, 6) is 1.23. The molecule has 0 spiro atoms. The zero-order chi connectivity index (χ0) is 19.8. The van der Waals surface area contributed by atoms with Crippen LogP contribution in [0.25, 0.3) is 10.9 Å². The van der Waals surface area contributed by atoms with Gasteiger partial charge in [-0.1, -0.05) is 17.3 Å². The van der Waals surface area contributed by atoms with Crippen molar-refractivity contribution < 1.29 is 14.3 Å². The number of ether oxygens (including phenoxy) is 2. The fourth-order valence-electron chi connectivity index (χ4n) is 3.91. The normalized spacial score (nSPS) is 16.8. The molecular weight excluding hydrogens is 372 g/mol. The Labute approximate surface area is 166 Å². The van der Waals surface area contributed by atoms with Gasteiger partial charge >= 0.3 is 0 Å². The van der Waals surface area contributed by atoms with Crippen molar-refractivity contribution in [2.75, 3.05) is 26.3 Å². The average molecular weight is 392 g/mol. The molecule has 1 fully saturated rings. The number of benzene rings is 2. The summed E-state index contributed by atoms with van der Waals surface area (Å²) in [5.41, 5.74) is 1.04. The molecule has 1 amide bonds. The predicted molar refractivity (Wildman–Crippen MR) is 105 cm³/mol. The molecule has 8 nitrogen and oxygen atoms in total. The number of carbonyl (C=O) groups is 1. The summed E-state index contributed by atoms with van der Waals surface area (Å²) in [6.45, 7) is 2.11. The van der Waals surface area contributed by atoms with Crippen molar-refractivity contribution in [3.05, 3.63) is 58.4 Å². The van der Waals surface area contributed by atoms with Gasteiger partial charge in [-0.15, -0.1) is 5.10 Å². The number of hydrogen-bond donors (Lipinski definition) is 0. The maximum atomic E-state index is 12.9. The third-order valence-corrected chi connectivity index (χ3v) is 5.48. The molecule has 0 atom stereocenters. The lowest BCUT2D eigenvalue weighted by Gasteiger charge is -2.32. The maximum absolute atomic E-state index is 12.9. The molecule has 148 valence electrons. The second-order valence-corrected chi connectivity index (χ2v) is 7.24. The lowest BCUT2D eigenvalue weighted by Crippen LogP contribution is -2.41. The molecule has 5 rings (SSSR count). The summed E-state index contributed by atoms with van der Waals surface area (Å²) in [5, 5.41) is 8.86. The third kappa shape index (κ3) is 3.20. The van der Waals surface area contributed by atoms with E-state index in [-0.39, 0.29) is 17.5 Å². The fraction of sp³-hybridized carbons (Fsp3) is 0.333. The zero-order valence-electron chi connectivity index (χ0n) is 15.8. The highest BCUT2D eigenvalue weighted by molar-refractivity contribution is 5.95. The van der Waals surface area contributed by atoms with Gasteiger partial charge in [0, 0.05) is 18.7 Å². The van der Waals surface area contributed by atoms with Gasteiger partial charge in [-0.25, -0.2) is 4.68 Å². The van der Waals surface area contributed by atoms with E-state index in [2.05, 4.69) is 10.3 Å². The molecule has 0 saturated carbocycles. The van der Waals surface area contributed by atoms with Gasteiger partial charge in [-0.3, -0.25) is 9.59 Å². The summed E-state index contributed by atoms with van der Waals surface area (Å²) in [7, 11) is 0. The van der Waals surface area contributed by atoms with Gasteiger partial charge in [0.15, 0.2) is 11.5 Å². The summed E-state index contributed by atoms with van der Waals surface area (Å²) in [4.78, 5) is 27.5. The van der Waals surface area contributed by atoms with Gasteiger partial charge in [0.05, 0.1) is 11.4 Å². The van der Waals surface area contributed by atoms with E-state index < -0.39 is 0 Å². The van der Waals surface area contributed by atoms with Crippen molar-refractivity contribution >= 4 is 16.8 Å². The van der Waals surface area contributed by atoms with Crippen LogP contribution in [0.4, 0.5) is 0 Å². The Balaban J connectivity index is 1.31. The number of likely N-dealkylation sites (tertiary alicyclic amines) is 1. The van der Waals surface area contributed by atoms with E-state index in [4.69, 9.17) is 9.47 Å². The first-order chi connectivity index (χ1) is 14.2. The highest BCUT2D eigenvalue weighted by atomic mass is 16.6. The topological polar surface area (TPSA) is 86.6 Å². The largest absolute Gasteiger partial charge is 0.486 e. The lowest BCUT2D eigenvalue weighted by molar-refractivity contribution is 0.0686. The van der Waals surface area contributed by atoms with Crippen LogP contribution < -0.4 is 15.0 Å². The van der Waals surface area contributed by atoms with Crippen molar-refractivity contribution in [3.63, 3.8) is 0 Å². The van der Waals surface area contributed by atoms with Crippen molar-refractivity contribution in [2.24, 2.45) is 0 Å². The standard InChI is InChI=1S/C21H20N4O4/c26-20(14-5-6-18-19(13-14)29-12-11-28-18)24-9-7-15(8-10-24)25-21(27)16-3-1-2-4-17(16)22-23-25/h1-6,13,15H,7-12H2. The Hall–Kier alpha value is -3.42. The third-order valence-electron chi connectivity index (χ3n) is 5.48. The minimum absolute atomic E-state index is 0.0441. The lowest BCUT2D eigenvalue weighted by atomic mass is 10.0. The van der Waals surface area contributed by atoms with E-state index in [1.807, 2.05) is 12.1 Å². The van der Waals surface area contributed by atoms with Crippen LogP contribution in [0, 0.1) is 0 Å². The Kier molecular flexibility index (Phi) is 4.38. The number of hydrogen-bond acceptors (Lipinski definition) is 6. The Morgan fingerprint density at radius 3 is 2.59 bits per heavy atom. The van der Waals surface area contributed by atoms with Crippen LogP contribution in [0.15, 0.2) is 47.3 Å². The maximum Gasteiger partial charge on any atom is 0.277 e. The van der Waals surface area contributed by atoms with Gasteiger partial charge in [-0.2, -0.15) is 0 Å². The molecule has 3 heterocycles. The molecule has 0 bridgehead atoms. The average Bonchev–Trinajstić information content (AvgIpc) is 2.79. The summed E-state index contributed by atoms with van der Waals surface area (Å²) < 4.78 is 12.6. The van der Waals surface area contributed by atoms with Crippen LogP contribution in [0.5, 0.6) is 11.5 Å². The smallest absolute Gasteiger partial charge is 0.277 e. The summed E-state index contributed by atoms with van der Waals surface area (Å²) >= 11 is 0. The number of amides is 1. The molecule has 8 heteroatoms. The molecule has 0 aliphatic carbocycles. The van der Waals surface area contributed by atoms with Gasteiger partial charge in [0.2, 0.25) is 0 Å². The minimum atomic E-state index is -0.132. The molecule has 0 unspecified atom stereocenters. The predicted octanol–water partition coefficient (Wildman–Crippen LogP) is 2.04. The SMILES string of the molecule is O=C(c1ccc2c(c1)OCCO2)N1CCC(n2nnc3ccccc3c2=O)CC1. The molecule has 0 N–H and O–H groups in total. The molecule has 2 aliphatic rings. The Bertz CT molecular complexity index is 1130. The molecule has 29 heavy (non-hydrogen) atoms. The number of piperidine rings is 1. The van der Waals surface area contributed by atoms with Crippen molar-refractivity contribution in [2.45, 2.75) is 18.9 Å². The van der Waals surface area contributed by atoms with E-state index in [1.54, 1.807) is 35.2 Å². The van der Waals surface area contributed by atoms with E-state index >= 15 is 0 Å². The van der Waals surface area contributed by atoms with Crippen molar-refractivity contribution in [1.82, 2.24) is 19.9 Å². The molecule has 0 radical (unpaired) electrons. The molecule has 3 aromatic rings. The minimum Gasteiger partial charge on any atom is -0.486 e. The van der Waals surface area contributed by atoms with Crippen molar-refractivity contribution in [1.29, 1.82) is 0 Å². The van der Waals surface area contributed by atoms with Crippen LogP contribution in [0.2, 0.25) is 0 Å². The summed E-state index contributed by atoms with van der Waals surface area (Å²) in [6.07, 6.45) is 1.31. The van der Waals surface area contributed by atoms with Crippen LogP contribution in [0.3, 0.4) is 0 Å². The van der Waals surface area contributed by atoms with Gasteiger partial charge < -0.3 is 14.4 Å². The first-order valence-electron chi connectivity index (χ1n) is 9.74. The van der Waals surface area contributed by atoms with E-state index in [1.165, 1.54) is 4.68 Å². The number of rotatable bonds is 2. The number of fused-ring (bicyclic) bond motifs is 2. The Morgan fingerprint density at radius 2 is 1.76 bits per heavy atom. The van der Waals surface area contributed by atoms with Gasteiger partial charge in [-0.05, 0) is 43.2 Å². The zero-order valence-corrected chi connectivity index (χ0v) is 15.8. The van der Waals surface area contributed by atoms with E-state index in [0.717, 1.165) is 0 Å². The highest BCUT2D eigenvalue weighted by Crippen LogP contribution is 2.31. The second-order valence-electron chi connectivity index (χ2n) is 7.24. The van der Waals surface area contributed by atoms with E-state index in [0.29, 0.717) is 67.1 Å². The molecular formula is C21H20N4O4.